The van der Waals surface area contributed by atoms with Crippen molar-refractivity contribution in [3.05, 3.63) is 22.3 Å². The molecule has 0 radical (unpaired) electrons. The van der Waals surface area contributed by atoms with E-state index in [1.807, 2.05) is 18.0 Å². The molecule has 1 atom stereocenters. The number of nitrogens with zero attached hydrogens (tertiary/aromatic N) is 1. The maximum atomic E-state index is 4.38. The van der Waals surface area contributed by atoms with E-state index in [9.17, 15) is 0 Å². The number of halogens is 1. The van der Waals surface area contributed by atoms with Crippen LogP contribution in [0.2, 0.25) is 0 Å². The summed E-state index contributed by atoms with van der Waals surface area (Å²) in [6.07, 6.45) is 3.09. The van der Waals surface area contributed by atoms with Gasteiger partial charge in [-0.1, -0.05) is 13.8 Å². The number of pyridine rings is 1. The summed E-state index contributed by atoms with van der Waals surface area (Å²) in [6, 6.07) is 2.11. The van der Waals surface area contributed by atoms with Crippen molar-refractivity contribution >= 4 is 27.7 Å². The van der Waals surface area contributed by atoms with E-state index in [1.54, 1.807) is 0 Å². The Balaban J connectivity index is 2.77. The van der Waals surface area contributed by atoms with Gasteiger partial charge in [-0.15, -0.1) is 11.8 Å². The average Bonchev–Trinajstić information content (AvgIpc) is 2.09. The minimum Gasteiger partial charge on any atom is -0.248 e. The smallest absolute Gasteiger partial charge is 0.110 e. The molecule has 0 aromatic carbocycles. The highest BCUT2D eigenvalue weighted by molar-refractivity contribution is 9.10. The molecule has 0 saturated carbocycles. The molecule has 1 aromatic rings. The van der Waals surface area contributed by atoms with Crippen LogP contribution in [0.5, 0.6) is 0 Å². The van der Waals surface area contributed by atoms with Crippen LogP contribution in [0.15, 0.2) is 21.8 Å². The van der Waals surface area contributed by atoms with Crippen LogP contribution >= 0.6 is 27.7 Å². The number of rotatable bonds is 3. The Morgan fingerprint density at radius 2 is 2.31 bits per heavy atom. The Bertz CT molecular complexity index is 288. The molecule has 1 heterocycles. The van der Waals surface area contributed by atoms with E-state index in [4.69, 9.17) is 0 Å². The van der Waals surface area contributed by atoms with Gasteiger partial charge in [0.2, 0.25) is 0 Å². The zero-order valence-electron chi connectivity index (χ0n) is 8.17. The highest BCUT2D eigenvalue weighted by Gasteiger charge is 2.06. The van der Waals surface area contributed by atoms with E-state index in [0.29, 0.717) is 5.25 Å². The van der Waals surface area contributed by atoms with Gasteiger partial charge in [0.1, 0.15) is 5.03 Å². The first-order valence-corrected chi connectivity index (χ1v) is 6.09. The third-order valence-electron chi connectivity index (χ3n) is 1.83. The van der Waals surface area contributed by atoms with Crippen LogP contribution in [0.4, 0.5) is 0 Å². The van der Waals surface area contributed by atoms with Crippen molar-refractivity contribution in [2.24, 2.45) is 0 Å². The molecule has 13 heavy (non-hydrogen) atoms. The topological polar surface area (TPSA) is 12.9 Å². The summed E-state index contributed by atoms with van der Waals surface area (Å²) in [5.41, 5.74) is 1.19. The highest BCUT2D eigenvalue weighted by Crippen LogP contribution is 2.29. The first kappa shape index (κ1) is 11.1. The van der Waals surface area contributed by atoms with Crippen LogP contribution in [-0.2, 0) is 0 Å². The molecule has 0 amide bonds. The van der Waals surface area contributed by atoms with Gasteiger partial charge in [0.15, 0.2) is 0 Å². The Morgan fingerprint density at radius 3 is 2.85 bits per heavy atom. The fraction of sp³-hybridized carbons (Fsp3) is 0.500. The molecule has 0 spiro atoms. The molecule has 1 unspecified atom stereocenters. The Hall–Kier alpha value is -0.0200. The van der Waals surface area contributed by atoms with Gasteiger partial charge in [-0.3, -0.25) is 0 Å². The zero-order valence-corrected chi connectivity index (χ0v) is 10.6. The van der Waals surface area contributed by atoms with Crippen LogP contribution in [0.3, 0.4) is 0 Å². The van der Waals surface area contributed by atoms with E-state index in [1.165, 1.54) is 12.0 Å². The minimum absolute atomic E-state index is 0.631. The lowest BCUT2D eigenvalue weighted by Gasteiger charge is -2.08. The van der Waals surface area contributed by atoms with Crippen molar-refractivity contribution < 1.29 is 0 Å². The standard InChI is InChI=1S/C10H14BrNS/c1-4-8(3)13-10-9(11)5-7(2)6-12-10/h5-6,8H,4H2,1-3H3. The summed E-state index contributed by atoms with van der Waals surface area (Å²) in [4.78, 5) is 4.38. The Labute approximate surface area is 92.5 Å². The second-order valence-electron chi connectivity index (χ2n) is 3.14. The molecule has 1 aromatic heterocycles. The zero-order chi connectivity index (χ0) is 9.84. The van der Waals surface area contributed by atoms with E-state index < -0.39 is 0 Å². The minimum atomic E-state index is 0.631. The van der Waals surface area contributed by atoms with Crippen molar-refractivity contribution in [2.75, 3.05) is 0 Å². The molecule has 1 rings (SSSR count). The summed E-state index contributed by atoms with van der Waals surface area (Å²) in [7, 11) is 0. The molecule has 0 aliphatic rings. The monoisotopic (exact) mass is 259 g/mol. The van der Waals surface area contributed by atoms with Crippen LogP contribution in [0.25, 0.3) is 0 Å². The highest BCUT2D eigenvalue weighted by atomic mass is 79.9. The lowest BCUT2D eigenvalue weighted by atomic mass is 10.3. The van der Waals surface area contributed by atoms with Crippen LogP contribution in [0.1, 0.15) is 25.8 Å². The fourth-order valence-corrected chi connectivity index (χ4v) is 2.46. The normalized spacial score (nSPS) is 12.9. The molecular weight excluding hydrogens is 246 g/mol. The van der Waals surface area contributed by atoms with Gasteiger partial charge in [-0.2, -0.15) is 0 Å². The summed E-state index contributed by atoms with van der Waals surface area (Å²) < 4.78 is 1.11. The summed E-state index contributed by atoms with van der Waals surface area (Å²) >= 11 is 5.34. The molecule has 0 bridgehead atoms. The van der Waals surface area contributed by atoms with E-state index in [2.05, 4.69) is 47.8 Å². The van der Waals surface area contributed by atoms with E-state index in [-0.39, 0.29) is 0 Å². The fourth-order valence-electron chi connectivity index (χ4n) is 0.882. The molecule has 3 heteroatoms. The maximum Gasteiger partial charge on any atom is 0.110 e. The predicted molar refractivity (Wildman–Crippen MR) is 62.3 cm³/mol. The summed E-state index contributed by atoms with van der Waals surface area (Å²) in [5.74, 6) is 0. The molecular formula is C10H14BrNS. The number of hydrogen-bond donors (Lipinski definition) is 0. The second kappa shape index (κ2) is 5.01. The molecule has 0 aliphatic carbocycles. The van der Waals surface area contributed by atoms with Crippen molar-refractivity contribution in [3.63, 3.8) is 0 Å². The first-order valence-electron chi connectivity index (χ1n) is 4.42. The van der Waals surface area contributed by atoms with Crippen LogP contribution in [-0.4, -0.2) is 10.2 Å². The largest absolute Gasteiger partial charge is 0.248 e. The summed E-state index contributed by atoms with van der Waals surface area (Å²) in [5, 5.41) is 1.73. The van der Waals surface area contributed by atoms with Gasteiger partial charge in [0.05, 0.1) is 4.47 Å². The predicted octanol–water partition coefficient (Wildman–Crippen LogP) is 4.04. The molecule has 0 saturated heterocycles. The van der Waals surface area contributed by atoms with Crippen LogP contribution in [0, 0.1) is 6.92 Å². The Morgan fingerprint density at radius 1 is 1.62 bits per heavy atom. The number of aryl methyl sites for hydroxylation is 1. The number of aromatic nitrogens is 1. The van der Waals surface area contributed by atoms with Crippen molar-refractivity contribution in [1.29, 1.82) is 0 Å². The number of hydrogen-bond acceptors (Lipinski definition) is 2. The molecule has 1 nitrogen and oxygen atoms in total. The van der Waals surface area contributed by atoms with Crippen LogP contribution < -0.4 is 0 Å². The molecule has 0 N–H and O–H groups in total. The third kappa shape index (κ3) is 3.31. The lowest BCUT2D eigenvalue weighted by molar-refractivity contribution is 0.899. The second-order valence-corrected chi connectivity index (χ2v) is 5.42. The average molecular weight is 260 g/mol. The lowest BCUT2D eigenvalue weighted by Crippen LogP contribution is -1.94. The maximum absolute atomic E-state index is 4.38. The van der Waals surface area contributed by atoms with Gasteiger partial charge in [-0.25, -0.2) is 4.98 Å². The van der Waals surface area contributed by atoms with Crippen molar-refractivity contribution in [1.82, 2.24) is 4.98 Å². The van der Waals surface area contributed by atoms with E-state index >= 15 is 0 Å². The first-order chi connectivity index (χ1) is 6.13. The SMILES string of the molecule is CCC(C)Sc1ncc(C)cc1Br. The van der Waals surface area contributed by atoms with Gasteiger partial charge < -0.3 is 0 Å². The van der Waals surface area contributed by atoms with Gasteiger partial charge >= 0.3 is 0 Å². The summed E-state index contributed by atoms with van der Waals surface area (Å²) in [6.45, 7) is 6.47. The van der Waals surface area contributed by atoms with E-state index in [0.717, 1.165) is 9.50 Å². The molecule has 72 valence electrons. The van der Waals surface area contributed by atoms with Gasteiger partial charge in [0, 0.05) is 11.4 Å². The van der Waals surface area contributed by atoms with Gasteiger partial charge in [-0.05, 0) is 40.9 Å². The van der Waals surface area contributed by atoms with Crippen molar-refractivity contribution in [2.45, 2.75) is 37.5 Å². The third-order valence-corrected chi connectivity index (χ3v) is 3.98. The van der Waals surface area contributed by atoms with Crippen molar-refractivity contribution in [3.8, 4) is 0 Å². The number of thioether (sulfide) groups is 1. The molecule has 0 fully saturated rings. The van der Waals surface area contributed by atoms with Gasteiger partial charge in [0.25, 0.3) is 0 Å². The molecule has 0 aliphatic heterocycles. The Kier molecular flexibility index (Phi) is 4.26. The quantitative estimate of drug-likeness (QED) is 0.760.